The lowest BCUT2D eigenvalue weighted by Crippen LogP contribution is -2.14. The molecule has 0 unspecified atom stereocenters. The molecule has 0 spiro atoms. The van der Waals surface area contributed by atoms with Crippen LogP contribution < -0.4 is 16.6 Å². The van der Waals surface area contributed by atoms with E-state index in [1.165, 1.54) is 6.33 Å². The number of nitrogen functional groups attached to an aromatic ring is 1. The van der Waals surface area contributed by atoms with E-state index in [-0.39, 0.29) is 0 Å². The van der Waals surface area contributed by atoms with Gasteiger partial charge in [-0.2, -0.15) is 0 Å². The van der Waals surface area contributed by atoms with Gasteiger partial charge < -0.3 is 10.7 Å². The SMILES string of the molecule is CCc1c(NN)ncnc1NCc1cccnc1. The van der Waals surface area contributed by atoms with E-state index in [0.717, 1.165) is 23.4 Å². The van der Waals surface area contributed by atoms with Gasteiger partial charge in [0.1, 0.15) is 18.0 Å². The quantitative estimate of drug-likeness (QED) is 0.543. The Bertz CT molecular complexity index is 499. The fourth-order valence-electron chi connectivity index (χ4n) is 1.71. The van der Waals surface area contributed by atoms with Gasteiger partial charge in [-0.3, -0.25) is 4.98 Å². The largest absolute Gasteiger partial charge is 0.366 e. The second-order valence-electron chi connectivity index (χ2n) is 3.76. The molecule has 0 aliphatic heterocycles. The van der Waals surface area contributed by atoms with Crippen molar-refractivity contribution in [3.05, 3.63) is 42.0 Å². The Morgan fingerprint density at radius 1 is 1.28 bits per heavy atom. The zero-order valence-corrected chi connectivity index (χ0v) is 10.2. The lowest BCUT2D eigenvalue weighted by atomic mass is 10.2. The highest BCUT2D eigenvalue weighted by atomic mass is 15.3. The molecular formula is C12H16N6. The Kier molecular flexibility index (Phi) is 4.03. The molecule has 6 nitrogen and oxygen atoms in total. The molecule has 0 saturated carbocycles. The third-order valence-corrected chi connectivity index (χ3v) is 2.62. The summed E-state index contributed by atoms with van der Waals surface area (Å²) in [5, 5.41) is 3.27. The average molecular weight is 244 g/mol. The number of hydrazine groups is 1. The molecule has 0 amide bonds. The molecule has 0 atom stereocenters. The van der Waals surface area contributed by atoms with E-state index in [1.54, 1.807) is 6.20 Å². The maximum absolute atomic E-state index is 5.42. The predicted molar refractivity (Wildman–Crippen MR) is 70.8 cm³/mol. The van der Waals surface area contributed by atoms with Crippen molar-refractivity contribution >= 4 is 11.6 Å². The van der Waals surface area contributed by atoms with Crippen LogP contribution in [0.1, 0.15) is 18.1 Å². The number of nitrogens with zero attached hydrogens (tertiary/aromatic N) is 3. The highest BCUT2D eigenvalue weighted by molar-refractivity contribution is 5.56. The Balaban J connectivity index is 2.14. The lowest BCUT2D eigenvalue weighted by molar-refractivity contribution is 1.00. The van der Waals surface area contributed by atoms with E-state index in [0.29, 0.717) is 12.4 Å². The van der Waals surface area contributed by atoms with Gasteiger partial charge in [-0.1, -0.05) is 13.0 Å². The van der Waals surface area contributed by atoms with Crippen LogP contribution in [0.2, 0.25) is 0 Å². The Hall–Kier alpha value is -2.21. The van der Waals surface area contributed by atoms with Gasteiger partial charge in [0.05, 0.1) is 0 Å². The molecule has 0 aliphatic carbocycles. The van der Waals surface area contributed by atoms with Crippen molar-refractivity contribution in [2.45, 2.75) is 19.9 Å². The van der Waals surface area contributed by atoms with Crippen LogP contribution in [0.5, 0.6) is 0 Å². The number of hydrogen-bond donors (Lipinski definition) is 3. The minimum absolute atomic E-state index is 0.654. The molecule has 0 radical (unpaired) electrons. The molecule has 2 heterocycles. The Morgan fingerprint density at radius 2 is 2.11 bits per heavy atom. The van der Waals surface area contributed by atoms with Gasteiger partial charge in [0, 0.05) is 24.5 Å². The van der Waals surface area contributed by atoms with Crippen molar-refractivity contribution in [2.24, 2.45) is 5.84 Å². The van der Waals surface area contributed by atoms with Crippen molar-refractivity contribution in [2.75, 3.05) is 10.7 Å². The average Bonchev–Trinajstić information content (AvgIpc) is 2.45. The van der Waals surface area contributed by atoms with E-state index in [2.05, 4.69) is 25.7 Å². The zero-order valence-electron chi connectivity index (χ0n) is 10.2. The molecule has 2 aromatic rings. The first kappa shape index (κ1) is 12.3. The van der Waals surface area contributed by atoms with Crippen LogP contribution in [0.4, 0.5) is 11.6 Å². The standard InChI is InChI=1S/C12H16N6/c1-2-10-11(16-8-17-12(10)18-13)15-7-9-4-3-5-14-6-9/h3-6,8H,2,7,13H2,1H3,(H2,15,16,17,18). The molecule has 0 aromatic carbocycles. The molecule has 0 bridgehead atoms. The van der Waals surface area contributed by atoms with Gasteiger partial charge in [-0.15, -0.1) is 0 Å². The first-order valence-corrected chi connectivity index (χ1v) is 5.78. The molecule has 94 valence electrons. The van der Waals surface area contributed by atoms with Crippen molar-refractivity contribution < 1.29 is 0 Å². The molecule has 6 heteroatoms. The fourth-order valence-corrected chi connectivity index (χ4v) is 1.71. The first-order valence-electron chi connectivity index (χ1n) is 5.78. The molecule has 0 fully saturated rings. The predicted octanol–water partition coefficient (Wildman–Crippen LogP) is 1.33. The molecule has 18 heavy (non-hydrogen) atoms. The highest BCUT2D eigenvalue weighted by Gasteiger charge is 2.08. The number of hydrogen-bond acceptors (Lipinski definition) is 6. The summed E-state index contributed by atoms with van der Waals surface area (Å²) in [6.07, 6.45) is 5.86. The number of rotatable bonds is 5. The summed E-state index contributed by atoms with van der Waals surface area (Å²) < 4.78 is 0. The Morgan fingerprint density at radius 3 is 2.78 bits per heavy atom. The number of anilines is 2. The van der Waals surface area contributed by atoms with E-state index in [4.69, 9.17) is 5.84 Å². The number of nitrogens with two attached hydrogens (primary N) is 1. The molecular weight excluding hydrogens is 228 g/mol. The van der Waals surface area contributed by atoms with E-state index in [9.17, 15) is 0 Å². The van der Waals surface area contributed by atoms with Gasteiger partial charge >= 0.3 is 0 Å². The van der Waals surface area contributed by atoms with E-state index >= 15 is 0 Å². The summed E-state index contributed by atoms with van der Waals surface area (Å²) >= 11 is 0. The topological polar surface area (TPSA) is 88.8 Å². The van der Waals surface area contributed by atoms with Crippen molar-refractivity contribution in [1.82, 2.24) is 15.0 Å². The van der Waals surface area contributed by atoms with Gasteiger partial charge in [-0.05, 0) is 18.1 Å². The lowest BCUT2D eigenvalue weighted by Gasteiger charge is -2.12. The number of nitrogens with one attached hydrogen (secondary N) is 2. The normalized spacial score (nSPS) is 10.1. The molecule has 2 rings (SSSR count). The Labute approximate surface area is 106 Å². The summed E-state index contributed by atoms with van der Waals surface area (Å²) in [6, 6.07) is 3.92. The van der Waals surface area contributed by atoms with E-state index < -0.39 is 0 Å². The molecule has 4 N–H and O–H groups in total. The summed E-state index contributed by atoms with van der Waals surface area (Å²) in [5.74, 6) is 6.87. The van der Waals surface area contributed by atoms with Crippen LogP contribution in [-0.4, -0.2) is 15.0 Å². The van der Waals surface area contributed by atoms with Crippen molar-refractivity contribution in [3.8, 4) is 0 Å². The molecule has 0 aliphatic rings. The smallest absolute Gasteiger partial charge is 0.148 e. The number of aromatic nitrogens is 3. The summed E-state index contributed by atoms with van der Waals surface area (Å²) in [4.78, 5) is 12.4. The second kappa shape index (κ2) is 5.92. The van der Waals surface area contributed by atoms with Crippen LogP contribution in [0.3, 0.4) is 0 Å². The van der Waals surface area contributed by atoms with Crippen LogP contribution in [0.15, 0.2) is 30.9 Å². The van der Waals surface area contributed by atoms with Crippen molar-refractivity contribution in [3.63, 3.8) is 0 Å². The summed E-state index contributed by atoms with van der Waals surface area (Å²) in [7, 11) is 0. The maximum atomic E-state index is 5.42. The van der Waals surface area contributed by atoms with Gasteiger partial charge in [-0.25, -0.2) is 15.8 Å². The maximum Gasteiger partial charge on any atom is 0.148 e. The highest BCUT2D eigenvalue weighted by Crippen LogP contribution is 2.19. The van der Waals surface area contributed by atoms with Crippen LogP contribution in [0, 0.1) is 0 Å². The van der Waals surface area contributed by atoms with Crippen LogP contribution >= 0.6 is 0 Å². The van der Waals surface area contributed by atoms with Crippen LogP contribution in [0.25, 0.3) is 0 Å². The monoisotopic (exact) mass is 244 g/mol. The fraction of sp³-hybridized carbons (Fsp3) is 0.250. The third-order valence-electron chi connectivity index (χ3n) is 2.62. The molecule has 0 saturated heterocycles. The van der Waals surface area contributed by atoms with Gasteiger partial charge in [0.2, 0.25) is 0 Å². The van der Waals surface area contributed by atoms with Crippen molar-refractivity contribution in [1.29, 1.82) is 0 Å². The molecule has 2 aromatic heterocycles. The number of pyridine rings is 1. The minimum Gasteiger partial charge on any atom is -0.366 e. The van der Waals surface area contributed by atoms with Crippen LogP contribution in [-0.2, 0) is 13.0 Å². The summed E-state index contributed by atoms with van der Waals surface area (Å²) in [5.41, 5.74) is 4.66. The van der Waals surface area contributed by atoms with Gasteiger partial charge in [0.15, 0.2) is 0 Å². The van der Waals surface area contributed by atoms with Gasteiger partial charge in [0.25, 0.3) is 0 Å². The third kappa shape index (κ3) is 2.72. The minimum atomic E-state index is 0.654. The zero-order chi connectivity index (χ0) is 12.8. The summed E-state index contributed by atoms with van der Waals surface area (Å²) in [6.45, 7) is 2.71. The first-order chi connectivity index (χ1) is 8.85. The van der Waals surface area contributed by atoms with E-state index in [1.807, 2.05) is 25.3 Å². The second-order valence-corrected chi connectivity index (χ2v) is 3.76.